The van der Waals surface area contributed by atoms with Gasteiger partial charge in [0.05, 0.1) is 24.3 Å². The number of anilines is 1. The van der Waals surface area contributed by atoms with Crippen molar-refractivity contribution in [1.29, 1.82) is 5.26 Å². The molecule has 1 fully saturated rings. The molecule has 2 amide bonds. The van der Waals surface area contributed by atoms with Crippen molar-refractivity contribution in [3.05, 3.63) is 53.2 Å². The Hall–Kier alpha value is -4.22. The van der Waals surface area contributed by atoms with Crippen molar-refractivity contribution in [2.45, 2.75) is 58.0 Å². The van der Waals surface area contributed by atoms with Gasteiger partial charge in [-0.2, -0.15) is 15.5 Å². The fourth-order valence-electron chi connectivity index (χ4n) is 4.80. The van der Waals surface area contributed by atoms with E-state index in [9.17, 15) is 14.4 Å². The van der Waals surface area contributed by atoms with E-state index in [4.69, 9.17) is 14.4 Å². The number of amides is 2. The fraction of sp³-hybridized carbons (Fsp3) is 0.483. The number of nitriles is 1. The molecule has 5 rings (SSSR count). The number of carbonyl (C=O) groups is 1. The van der Waals surface area contributed by atoms with E-state index >= 15 is 0 Å². The zero-order valence-electron chi connectivity index (χ0n) is 25.5. The Morgan fingerprint density at radius 2 is 1.91 bits per heavy atom. The van der Waals surface area contributed by atoms with E-state index in [1.807, 2.05) is 18.0 Å². The molecule has 0 aliphatic carbocycles. The number of urea groups is 1. The molecule has 1 saturated heterocycles. The predicted octanol–water partition coefficient (Wildman–Crippen LogP) is 4.48. The van der Waals surface area contributed by atoms with Crippen LogP contribution in [-0.4, -0.2) is 81.4 Å². The van der Waals surface area contributed by atoms with Crippen LogP contribution in [0.5, 0.6) is 0 Å². The van der Waals surface area contributed by atoms with E-state index < -0.39 is 20.2 Å². The largest absolute Gasteiger partial charge is 0.409 e. The van der Waals surface area contributed by atoms with Crippen LogP contribution in [-0.2, 0) is 18.1 Å². The number of hydrogen-bond acceptors (Lipinski definition) is 9. The molecule has 43 heavy (non-hydrogen) atoms. The molecular formula is C29H37FN10O2Si. The van der Waals surface area contributed by atoms with Crippen LogP contribution in [0.4, 0.5) is 15.1 Å². The van der Waals surface area contributed by atoms with Gasteiger partial charge < -0.3 is 14.2 Å². The van der Waals surface area contributed by atoms with Gasteiger partial charge in [-0.15, -0.1) is 0 Å². The van der Waals surface area contributed by atoms with Gasteiger partial charge in [0.15, 0.2) is 20.0 Å². The summed E-state index contributed by atoms with van der Waals surface area (Å²) in [6, 6.07) is 7.18. The number of hydrazone groups is 1. The van der Waals surface area contributed by atoms with Crippen molar-refractivity contribution in [2.75, 3.05) is 31.1 Å². The molecule has 14 heteroatoms. The molecule has 0 radical (unpaired) electrons. The zero-order chi connectivity index (χ0) is 30.9. The number of rotatable bonds is 6. The first-order valence-electron chi connectivity index (χ1n) is 14.3. The van der Waals surface area contributed by atoms with Crippen LogP contribution in [0.15, 0.2) is 35.6 Å². The van der Waals surface area contributed by atoms with E-state index in [1.54, 1.807) is 34.1 Å². The number of aromatic nitrogens is 5. The Morgan fingerprint density at radius 1 is 1.16 bits per heavy atom. The predicted molar refractivity (Wildman–Crippen MR) is 162 cm³/mol. The van der Waals surface area contributed by atoms with E-state index in [0.29, 0.717) is 68.1 Å². The Labute approximate surface area is 251 Å². The normalized spacial score (nSPS) is 17.4. The molecule has 2 aromatic heterocycles. The standard InChI is InChI=1S/C29H37FN10O2Si/c1-29(2,3)43(5,6)42-19-25-35-26(37(4)36-25)23-7-9-32-27(34-23)38-11-13-39(14-12-38)28(41)40-24(8-10-33-40)21-15-20(18-31)16-22(30)17-21/h7,9-10,15-17,24H,8,11-14,19H2,1-6H3/t24-/m0/s1. The molecule has 226 valence electrons. The second-order valence-corrected chi connectivity index (χ2v) is 17.1. The van der Waals surface area contributed by atoms with Gasteiger partial charge in [-0.05, 0) is 48.0 Å². The molecule has 0 unspecified atom stereocenters. The SMILES string of the molecule is Cn1nc(CO[Si](C)(C)C(C)(C)C)nc1-c1ccnc(N2CCN(C(=O)N3N=CC[C@H]3c3cc(F)cc(C#N)c3)CC2)n1. The fourth-order valence-corrected chi connectivity index (χ4v) is 5.72. The summed E-state index contributed by atoms with van der Waals surface area (Å²) in [5.41, 5.74) is 1.41. The summed E-state index contributed by atoms with van der Waals surface area (Å²) in [4.78, 5) is 31.1. The van der Waals surface area contributed by atoms with E-state index in [-0.39, 0.29) is 16.6 Å². The molecule has 2 aliphatic rings. The van der Waals surface area contributed by atoms with Gasteiger partial charge in [-0.3, -0.25) is 0 Å². The second kappa shape index (κ2) is 11.8. The molecule has 0 saturated carbocycles. The maximum atomic E-state index is 14.1. The highest BCUT2D eigenvalue weighted by atomic mass is 28.4. The van der Waals surface area contributed by atoms with Gasteiger partial charge in [0.25, 0.3) is 0 Å². The van der Waals surface area contributed by atoms with Crippen molar-refractivity contribution in [2.24, 2.45) is 12.1 Å². The highest BCUT2D eigenvalue weighted by Crippen LogP contribution is 2.37. The third-order valence-electron chi connectivity index (χ3n) is 8.34. The van der Waals surface area contributed by atoms with Crippen LogP contribution < -0.4 is 4.90 Å². The number of carbonyl (C=O) groups excluding carboxylic acids is 1. The smallest absolute Gasteiger partial charge is 0.341 e. The van der Waals surface area contributed by atoms with Crippen LogP contribution in [0.2, 0.25) is 18.1 Å². The second-order valence-electron chi connectivity index (χ2n) is 12.3. The van der Waals surface area contributed by atoms with Gasteiger partial charge >= 0.3 is 6.03 Å². The van der Waals surface area contributed by atoms with Gasteiger partial charge in [-0.25, -0.2) is 33.8 Å². The average Bonchev–Trinajstić information content (AvgIpc) is 3.62. The maximum absolute atomic E-state index is 14.1. The summed E-state index contributed by atoms with van der Waals surface area (Å²) in [6.45, 7) is 13.3. The number of halogens is 1. The first-order chi connectivity index (χ1) is 20.4. The summed E-state index contributed by atoms with van der Waals surface area (Å²) in [6.07, 6.45) is 3.80. The van der Waals surface area contributed by atoms with Crippen molar-refractivity contribution < 1.29 is 13.6 Å². The molecule has 1 atom stereocenters. The molecule has 2 aliphatic heterocycles. The van der Waals surface area contributed by atoms with Crippen molar-refractivity contribution in [3.8, 4) is 17.6 Å². The lowest BCUT2D eigenvalue weighted by molar-refractivity contribution is 0.139. The lowest BCUT2D eigenvalue weighted by atomic mass is 10.0. The van der Waals surface area contributed by atoms with Crippen molar-refractivity contribution in [1.82, 2.24) is 34.6 Å². The molecule has 1 aromatic carbocycles. The average molecular weight is 605 g/mol. The van der Waals surface area contributed by atoms with E-state index in [2.05, 4.69) is 49.0 Å². The van der Waals surface area contributed by atoms with Crippen LogP contribution >= 0.6 is 0 Å². The van der Waals surface area contributed by atoms with Crippen LogP contribution in [0.1, 0.15) is 50.2 Å². The van der Waals surface area contributed by atoms with Crippen molar-refractivity contribution >= 4 is 26.5 Å². The Morgan fingerprint density at radius 3 is 2.60 bits per heavy atom. The lowest BCUT2D eigenvalue weighted by Gasteiger charge is -2.37. The van der Waals surface area contributed by atoms with E-state index in [0.717, 1.165) is 0 Å². The number of hydrogen-bond donors (Lipinski definition) is 0. The maximum Gasteiger partial charge on any atom is 0.341 e. The molecule has 4 heterocycles. The lowest BCUT2D eigenvalue weighted by Crippen LogP contribution is -2.52. The monoisotopic (exact) mass is 604 g/mol. The highest BCUT2D eigenvalue weighted by Gasteiger charge is 2.37. The van der Waals surface area contributed by atoms with Gasteiger partial charge in [0, 0.05) is 52.1 Å². The van der Waals surface area contributed by atoms with Crippen molar-refractivity contribution in [3.63, 3.8) is 0 Å². The van der Waals surface area contributed by atoms with Gasteiger partial charge in [0.1, 0.15) is 11.5 Å². The zero-order valence-corrected chi connectivity index (χ0v) is 26.5. The Balaban J connectivity index is 1.23. The quantitative estimate of drug-likeness (QED) is 0.377. The summed E-state index contributed by atoms with van der Waals surface area (Å²) in [5.74, 6) is 1.27. The van der Waals surface area contributed by atoms with Crippen LogP contribution in [0.3, 0.4) is 0 Å². The molecule has 0 N–H and O–H groups in total. The first kappa shape index (κ1) is 30.2. The van der Waals surface area contributed by atoms with E-state index in [1.165, 1.54) is 17.1 Å². The molecule has 0 bridgehead atoms. The first-order valence-corrected chi connectivity index (χ1v) is 17.2. The molecule has 3 aromatic rings. The van der Waals surface area contributed by atoms with Crippen LogP contribution in [0, 0.1) is 17.1 Å². The minimum Gasteiger partial charge on any atom is -0.409 e. The summed E-state index contributed by atoms with van der Waals surface area (Å²) in [5, 5.41) is 19.5. The van der Waals surface area contributed by atoms with Crippen LogP contribution in [0.25, 0.3) is 11.5 Å². The number of aryl methyl sites for hydroxylation is 1. The number of benzene rings is 1. The third kappa shape index (κ3) is 6.42. The number of piperazine rings is 1. The van der Waals surface area contributed by atoms with Gasteiger partial charge in [0.2, 0.25) is 5.95 Å². The minimum atomic E-state index is -1.94. The Bertz CT molecular complexity index is 1570. The highest BCUT2D eigenvalue weighted by molar-refractivity contribution is 6.74. The number of nitrogens with zero attached hydrogens (tertiary/aromatic N) is 10. The van der Waals surface area contributed by atoms with Gasteiger partial charge in [-0.1, -0.05) is 20.8 Å². The summed E-state index contributed by atoms with van der Waals surface area (Å²) < 4.78 is 22.1. The third-order valence-corrected chi connectivity index (χ3v) is 12.8. The Kier molecular flexibility index (Phi) is 8.31. The molecule has 12 nitrogen and oxygen atoms in total. The molecule has 0 spiro atoms. The summed E-state index contributed by atoms with van der Waals surface area (Å²) >= 11 is 0. The topological polar surface area (TPSA) is 129 Å². The minimum absolute atomic E-state index is 0.0909. The molecular weight excluding hydrogens is 567 g/mol. The summed E-state index contributed by atoms with van der Waals surface area (Å²) in [7, 11) is -0.107.